The summed E-state index contributed by atoms with van der Waals surface area (Å²) in [5.74, 6) is 0.462. The molecule has 1 aromatic rings. The van der Waals surface area contributed by atoms with Crippen LogP contribution in [0.15, 0.2) is 21.9 Å². The predicted octanol–water partition coefficient (Wildman–Crippen LogP) is 0.973. The maximum Gasteiger partial charge on any atom is 0.328 e. The Hall–Kier alpha value is -1.32. The van der Waals surface area contributed by atoms with Crippen molar-refractivity contribution in [2.45, 2.75) is 33.2 Å². The van der Waals surface area contributed by atoms with Gasteiger partial charge in [0.1, 0.15) is 0 Å². The van der Waals surface area contributed by atoms with Gasteiger partial charge in [0.05, 0.1) is 0 Å². The molecule has 1 atom stereocenters. The fraction of sp³-hybridized carbons (Fsp3) is 0.600. The summed E-state index contributed by atoms with van der Waals surface area (Å²) in [6.07, 6.45) is 3.75. The zero-order chi connectivity index (χ0) is 10.6. The largest absolute Gasteiger partial charge is 0.328 e. The molecule has 0 amide bonds. The summed E-state index contributed by atoms with van der Waals surface area (Å²) in [5, 5.41) is 0. The predicted molar refractivity (Wildman–Crippen MR) is 55.4 cm³/mol. The van der Waals surface area contributed by atoms with Crippen LogP contribution in [0.4, 0.5) is 0 Å². The second-order valence-electron chi connectivity index (χ2n) is 3.66. The average Bonchev–Trinajstić information content (AvgIpc) is 2.10. The van der Waals surface area contributed by atoms with E-state index < -0.39 is 0 Å². The number of nitrogens with zero attached hydrogens (tertiary/aromatic N) is 1. The van der Waals surface area contributed by atoms with Crippen LogP contribution in [-0.4, -0.2) is 9.55 Å². The number of nitrogens with one attached hydrogen (secondary N) is 1. The molecule has 0 aromatic carbocycles. The van der Waals surface area contributed by atoms with E-state index in [0.29, 0.717) is 12.5 Å². The molecule has 0 aliphatic rings. The molecule has 0 saturated carbocycles. The first-order valence-electron chi connectivity index (χ1n) is 4.93. The molecule has 0 spiro atoms. The SMILES string of the molecule is CCCC(C)Cn1ccc(=O)[nH]c1=O. The number of aromatic amines is 1. The van der Waals surface area contributed by atoms with Crippen molar-refractivity contribution in [3.05, 3.63) is 33.1 Å². The van der Waals surface area contributed by atoms with Gasteiger partial charge in [0.15, 0.2) is 0 Å². The molecule has 0 saturated heterocycles. The van der Waals surface area contributed by atoms with Crippen molar-refractivity contribution in [2.75, 3.05) is 0 Å². The van der Waals surface area contributed by atoms with E-state index in [0.717, 1.165) is 12.8 Å². The molecule has 0 aliphatic heterocycles. The van der Waals surface area contributed by atoms with Gasteiger partial charge in [0, 0.05) is 18.8 Å². The summed E-state index contributed by atoms with van der Waals surface area (Å²) in [7, 11) is 0. The van der Waals surface area contributed by atoms with Crippen molar-refractivity contribution >= 4 is 0 Å². The normalized spacial score (nSPS) is 12.7. The lowest BCUT2D eigenvalue weighted by molar-refractivity contribution is 0.433. The average molecular weight is 196 g/mol. The first-order chi connectivity index (χ1) is 6.63. The van der Waals surface area contributed by atoms with Gasteiger partial charge >= 0.3 is 5.69 Å². The third kappa shape index (κ3) is 2.87. The highest BCUT2D eigenvalue weighted by Crippen LogP contribution is 2.05. The van der Waals surface area contributed by atoms with Crippen molar-refractivity contribution in [1.82, 2.24) is 9.55 Å². The molecular formula is C10H16N2O2. The van der Waals surface area contributed by atoms with E-state index in [1.807, 2.05) is 0 Å². The van der Waals surface area contributed by atoms with E-state index in [9.17, 15) is 9.59 Å². The topological polar surface area (TPSA) is 54.9 Å². The van der Waals surface area contributed by atoms with Gasteiger partial charge in [0.25, 0.3) is 5.56 Å². The lowest BCUT2D eigenvalue weighted by Crippen LogP contribution is -2.30. The third-order valence-electron chi connectivity index (χ3n) is 2.19. The Labute approximate surface area is 82.6 Å². The molecule has 1 rings (SSSR count). The molecule has 4 nitrogen and oxygen atoms in total. The second kappa shape index (κ2) is 4.79. The van der Waals surface area contributed by atoms with Crippen LogP contribution in [0.2, 0.25) is 0 Å². The van der Waals surface area contributed by atoms with Gasteiger partial charge in [-0.05, 0) is 12.3 Å². The highest BCUT2D eigenvalue weighted by molar-refractivity contribution is 4.82. The van der Waals surface area contributed by atoms with Gasteiger partial charge in [-0.3, -0.25) is 9.78 Å². The van der Waals surface area contributed by atoms with Crippen LogP contribution in [0.1, 0.15) is 26.7 Å². The Bertz CT molecular complexity index is 392. The minimum absolute atomic E-state index is 0.319. The minimum atomic E-state index is -0.339. The van der Waals surface area contributed by atoms with Crippen LogP contribution in [0.5, 0.6) is 0 Å². The first-order valence-corrected chi connectivity index (χ1v) is 4.93. The number of rotatable bonds is 4. The number of hydrogen-bond donors (Lipinski definition) is 1. The Morgan fingerprint density at radius 2 is 2.21 bits per heavy atom. The zero-order valence-electron chi connectivity index (χ0n) is 8.62. The summed E-state index contributed by atoms with van der Waals surface area (Å²) in [6, 6.07) is 1.38. The summed E-state index contributed by atoms with van der Waals surface area (Å²) in [4.78, 5) is 24.3. The van der Waals surface area contributed by atoms with Crippen molar-refractivity contribution in [1.29, 1.82) is 0 Å². The molecule has 1 unspecified atom stereocenters. The van der Waals surface area contributed by atoms with Gasteiger partial charge in [0.2, 0.25) is 0 Å². The fourth-order valence-corrected chi connectivity index (χ4v) is 1.51. The second-order valence-corrected chi connectivity index (χ2v) is 3.66. The lowest BCUT2D eigenvalue weighted by Gasteiger charge is -2.11. The van der Waals surface area contributed by atoms with Crippen molar-refractivity contribution in [3.8, 4) is 0 Å². The lowest BCUT2D eigenvalue weighted by atomic mass is 10.1. The minimum Gasteiger partial charge on any atom is -0.300 e. The van der Waals surface area contributed by atoms with E-state index in [1.165, 1.54) is 6.07 Å². The summed E-state index contributed by atoms with van der Waals surface area (Å²) in [6.45, 7) is 4.89. The molecule has 1 heterocycles. The van der Waals surface area contributed by atoms with Gasteiger partial charge in [-0.25, -0.2) is 4.79 Å². The molecule has 1 aromatic heterocycles. The van der Waals surface area contributed by atoms with Crippen molar-refractivity contribution in [3.63, 3.8) is 0 Å². The monoisotopic (exact) mass is 196 g/mol. The molecule has 78 valence electrons. The van der Waals surface area contributed by atoms with Gasteiger partial charge < -0.3 is 4.57 Å². The van der Waals surface area contributed by atoms with Crippen molar-refractivity contribution < 1.29 is 0 Å². The van der Waals surface area contributed by atoms with E-state index in [2.05, 4.69) is 18.8 Å². The number of hydrogen-bond acceptors (Lipinski definition) is 2. The molecule has 0 radical (unpaired) electrons. The van der Waals surface area contributed by atoms with Crippen LogP contribution in [0.3, 0.4) is 0 Å². The zero-order valence-corrected chi connectivity index (χ0v) is 8.62. The highest BCUT2D eigenvalue weighted by atomic mass is 16.2. The molecule has 4 heteroatoms. The summed E-state index contributed by atoms with van der Waals surface area (Å²) < 4.78 is 1.54. The van der Waals surface area contributed by atoms with Crippen LogP contribution in [0.25, 0.3) is 0 Å². The molecule has 0 aliphatic carbocycles. The molecular weight excluding hydrogens is 180 g/mol. The maximum atomic E-state index is 11.3. The number of aromatic nitrogens is 2. The van der Waals surface area contributed by atoms with Crippen LogP contribution < -0.4 is 11.2 Å². The quantitative estimate of drug-likeness (QED) is 0.780. The van der Waals surface area contributed by atoms with Gasteiger partial charge in [-0.2, -0.15) is 0 Å². The highest BCUT2D eigenvalue weighted by Gasteiger charge is 2.03. The van der Waals surface area contributed by atoms with E-state index >= 15 is 0 Å². The number of H-pyrrole nitrogens is 1. The third-order valence-corrected chi connectivity index (χ3v) is 2.19. The van der Waals surface area contributed by atoms with Gasteiger partial charge in [-0.1, -0.05) is 20.3 Å². The van der Waals surface area contributed by atoms with Crippen LogP contribution in [0, 0.1) is 5.92 Å². The Kier molecular flexibility index (Phi) is 3.68. The fourth-order valence-electron chi connectivity index (χ4n) is 1.51. The van der Waals surface area contributed by atoms with E-state index in [1.54, 1.807) is 10.8 Å². The smallest absolute Gasteiger partial charge is 0.300 e. The summed E-state index contributed by atoms with van der Waals surface area (Å²) >= 11 is 0. The van der Waals surface area contributed by atoms with Crippen LogP contribution >= 0.6 is 0 Å². The van der Waals surface area contributed by atoms with Crippen LogP contribution in [-0.2, 0) is 6.54 Å². The van der Waals surface area contributed by atoms with E-state index in [4.69, 9.17) is 0 Å². The van der Waals surface area contributed by atoms with E-state index in [-0.39, 0.29) is 11.2 Å². The maximum absolute atomic E-state index is 11.3. The molecule has 14 heavy (non-hydrogen) atoms. The molecule has 0 bridgehead atoms. The Morgan fingerprint density at radius 1 is 1.50 bits per heavy atom. The van der Waals surface area contributed by atoms with Crippen molar-refractivity contribution in [2.24, 2.45) is 5.92 Å². The Morgan fingerprint density at radius 3 is 2.79 bits per heavy atom. The van der Waals surface area contributed by atoms with Gasteiger partial charge in [-0.15, -0.1) is 0 Å². The standard InChI is InChI=1S/C10H16N2O2/c1-3-4-8(2)7-12-6-5-9(13)11-10(12)14/h5-6,8H,3-4,7H2,1-2H3,(H,11,13,14). The molecule has 0 fully saturated rings. The summed E-state index contributed by atoms with van der Waals surface area (Å²) in [5.41, 5.74) is -0.658. The Balaban J connectivity index is 2.77. The first kappa shape index (κ1) is 10.8. The molecule has 1 N–H and O–H groups in total.